The molecule has 0 radical (unpaired) electrons. The number of rotatable bonds is 5. The van der Waals surface area contributed by atoms with Gasteiger partial charge in [0.25, 0.3) is 0 Å². The first kappa shape index (κ1) is 16.0. The van der Waals surface area contributed by atoms with Crippen molar-refractivity contribution in [2.24, 2.45) is 0 Å². The maximum absolute atomic E-state index is 12.6. The van der Waals surface area contributed by atoms with Gasteiger partial charge >= 0.3 is 7.52 Å². The maximum Gasteiger partial charge on any atom is 0.338 e. The van der Waals surface area contributed by atoms with Crippen LogP contribution in [0.2, 0.25) is 10.0 Å². The fourth-order valence-corrected chi connectivity index (χ4v) is 3.18. The fourth-order valence-electron chi connectivity index (χ4n) is 1.70. The first-order chi connectivity index (χ1) is 9.91. The van der Waals surface area contributed by atoms with Gasteiger partial charge in [-0.25, -0.2) is 0 Å². The molecule has 112 valence electrons. The molecule has 2 aromatic carbocycles. The lowest BCUT2D eigenvalue weighted by atomic mass is 10.3. The number of nitrogens with one attached hydrogen (secondary N) is 1. The van der Waals surface area contributed by atoms with Gasteiger partial charge in [0.15, 0.2) is 11.5 Å². The fraction of sp³-hybridized carbons (Fsp3) is 0.143. The van der Waals surface area contributed by atoms with Crippen molar-refractivity contribution in [3.8, 4) is 11.5 Å². The van der Waals surface area contributed by atoms with Crippen LogP contribution in [0.1, 0.15) is 0 Å². The molecule has 0 spiro atoms. The molecule has 2 rings (SSSR count). The summed E-state index contributed by atoms with van der Waals surface area (Å²) in [6.45, 7) is 1.47. The predicted molar refractivity (Wildman–Crippen MR) is 87.2 cm³/mol. The van der Waals surface area contributed by atoms with Crippen LogP contribution in [0.5, 0.6) is 11.5 Å². The summed E-state index contributed by atoms with van der Waals surface area (Å²) in [5, 5.41) is 3.62. The number of hydrogen-bond acceptors (Lipinski definition) is 3. The van der Waals surface area contributed by atoms with Crippen LogP contribution in [-0.2, 0) is 4.57 Å². The topological polar surface area (TPSA) is 47.6 Å². The van der Waals surface area contributed by atoms with Gasteiger partial charge < -0.3 is 14.3 Å². The highest BCUT2D eigenvalue weighted by atomic mass is 35.5. The van der Waals surface area contributed by atoms with Gasteiger partial charge in [0.2, 0.25) is 0 Å². The lowest BCUT2D eigenvalue weighted by Gasteiger charge is -2.19. The van der Waals surface area contributed by atoms with Crippen LogP contribution in [0.25, 0.3) is 0 Å². The van der Waals surface area contributed by atoms with Crippen LogP contribution >= 0.6 is 30.7 Å². The minimum absolute atomic E-state index is 0.374. The van der Waals surface area contributed by atoms with Gasteiger partial charge in [0, 0.05) is 12.4 Å². The van der Waals surface area contributed by atoms with Crippen molar-refractivity contribution < 1.29 is 13.8 Å². The zero-order valence-electron chi connectivity index (χ0n) is 11.5. The molecular weight excluding hydrogens is 332 g/mol. The van der Waals surface area contributed by atoms with Gasteiger partial charge in [-0.2, -0.15) is 0 Å². The zero-order chi connectivity index (χ0) is 15.5. The van der Waals surface area contributed by atoms with Crippen LogP contribution in [0.4, 0.5) is 5.69 Å². The number of ether oxygens (including phenoxy) is 1. The van der Waals surface area contributed by atoms with E-state index < -0.39 is 7.52 Å². The van der Waals surface area contributed by atoms with E-state index in [0.717, 1.165) is 0 Å². The third kappa shape index (κ3) is 4.31. The Hall–Kier alpha value is -1.35. The number of hydrogen-bond donors (Lipinski definition) is 1. The van der Waals surface area contributed by atoms with Gasteiger partial charge in [-0.1, -0.05) is 35.3 Å². The van der Waals surface area contributed by atoms with Crippen LogP contribution in [0.15, 0.2) is 42.5 Å². The van der Waals surface area contributed by atoms with E-state index in [1.54, 1.807) is 42.5 Å². The monoisotopic (exact) mass is 345 g/mol. The van der Waals surface area contributed by atoms with Gasteiger partial charge in [0.05, 0.1) is 17.2 Å². The molecule has 1 unspecified atom stereocenters. The minimum atomic E-state index is -3.14. The van der Waals surface area contributed by atoms with E-state index in [4.69, 9.17) is 32.5 Å². The SMILES string of the molecule is COc1ccccc1OP(C)(=O)Nc1ccc(Cl)c(Cl)c1. The van der Waals surface area contributed by atoms with E-state index in [1.165, 1.54) is 13.8 Å². The largest absolute Gasteiger partial charge is 0.493 e. The van der Waals surface area contributed by atoms with Gasteiger partial charge in [-0.15, -0.1) is 0 Å². The predicted octanol–water partition coefficient (Wildman–Crippen LogP) is 5.32. The summed E-state index contributed by atoms with van der Waals surface area (Å²) in [7, 11) is -1.62. The molecule has 4 nitrogen and oxygen atoms in total. The summed E-state index contributed by atoms with van der Waals surface area (Å²) in [6.07, 6.45) is 0. The molecule has 7 heteroatoms. The minimum Gasteiger partial charge on any atom is -0.493 e. The summed E-state index contributed by atoms with van der Waals surface area (Å²) in [5.41, 5.74) is 0.560. The zero-order valence-corrected chi connectivity index (χ0v) is 13.9. The van der Waals surface area contributed by atoms with Gasteiger partial charge in [-0.3, -0.25) is 4.57 Å². The van der Waals surface area contributed by atoms with Crippen LogP contribution in [-0.4, -0.2) is 13.8 Å². The lowest BCUT2D eigenvalue weighted by molar-refractivity contribution is 0.391. The number of para-hydroxylation sites is 2. The summed E-state index contributed by atoms with van der Waals surface area (Å²) < 4.78 is 23.3. The molecule has 0 aliphatic heterocycles. The van der Waals surface area contributed by atoms with Crippen molar-refractivity contribution in [3.05, 3.63) is 52.5 Å². The average molecular weight is 346 g/mol. The van der Waals surface area contributed by atoms with Crippen LogP contribution < -0.4 is 14.3 Å². The van der Waals surface area contributed by atoms with E-state index in [-0.39, 0.29) is 0 Å². The molecule has 0 aliphatic rings. The van der Waals surface area contributed by atoms with E-state index >= 15 is 0 Å². The molecule has 0 saturated carbocycles. The number of methoxy groups -OCH3 is 1. The third-order valence-corrected chi connectivity index (χ3v) is 4.54. The second-order valence-electron chi connectivity index (χ2n) is 4.33. The summed E-state index contributed by atoms with van der Waals surface area (Å²) in [5.74, 6) is 0.911. The van der Waals surface area contributed by atoms with Crippen molar-refractivity contribution in [2.45, 2.75) is 0 Å². The number of halogens is 2. The summed E-state index contributed by atoms with van der Waals surface area (Å²) >= 11 is 11.8. The molecular formula is C14H14Cl2NO3P. The van der Waals surface area contributed by atoms with Gasteiger partial charge in [0.1, 0.15) is 0 Å². The number of benzene rings is 2. The molecule has 2 aromatic rings. The second-order valence-corrected chi connectivity index (χ2v) is 7.24. The Kier molecular flexibility index (Phi) is 5.04. The Morgan fingerprint density at radius 2 is 1.71 bits per heavy atom. The molecule has 0 aliphatic carbocycles. The lowest BCUT2D eigenvalue weighted by Crippen LogP contribution is -2.03. The van der Waals surface area contributed by atoms with Crippen LogP contribution in [0.3, 0.4) is 0 Å². The highest BCUT2D eigenvalue weighted by Crippen LogP contribution is 2.46. The third-order valence-electron chi connectivity index (χ3n) is 2.59. The van der Waals surface area contributed by atoms with Gasteiger partial charge in [-0.05, 0) is 30.3 Å². The molecule has 0 heterocycles. The molecule has 0 saturated heterocycles. The molecule has 0 aromatic heterocycles. The van der Waals surface area contributed by atoms with E-state index in [9.17, 15) is 4.57 Å². The quantitative estimate of drug-likeness (QED) is 0.745. The van der Waals surface area contributed by atoms with E-state index in [0.29, 0.717) is 27.2 Å². The van der Waals surface area contributed by atoms with Crippen LogP contribution in [0, 0.1) is 0 Å². The van der Waals surface area contributed by atoms with E-state index in [1.807, 2.05) is 0 Å². The first-order valence-corrected chi connectivity index (χ1v) is 8.87. The van der Waals surface area contributed by atoms with Crippen molar-refractivity contribution in [1.29, 1.82) is 0 Å². The second kappa shape index (κ2) is 6.61. The highest BCUT2D eigenvalue weighted by Gasteiger charge is 2.19. The molecule has 0 bridgehead atoms. The Morgan fingerprint density at radius 1 is 1.05 bits per heavy atom. The van der Waals surface area contributed by atoms with Crippen molar-refractivity contribution >= 4 is 36.4 Å². The maximum atomic E-state index is 12.6. The molecule has 21 heavy (non-hydrogen) atoms. The Balaban J connectivity index is 2.18. The Labute approximate surface area is 133 Å². The van der Waals surface area contributed by atoms with Crippen molar-refractivity contribution in [3.63, 3.8) is 0 Å². The molecule has 0 amide bonds. The molecule has 0 fully saturated rings. The highest BCUT2D eigenvalue weighted by molar-refractivity contribution is 7.60. The molecule has 1 N–H and O–H groups in total. The summed E-state index contributed by atoms with van der Waals surface area (Å²) in [6, 6.07) is 11.9. The first-order valence-electron chi connectivity index (χ1n) is 6.05. The number of anilines is 1. The molecule has 1 atom stereocenters. The van der Waals surface area contributed by atoms with E-state index in [2.05, 4.69) is 5.09 Å². The summed E-state index contributed by atoms with van der Waals surface area (Å²) in [4.78, 5) is 0. The van der Waals surface area contributed by atoms with Crippen molar-refractivity contribution in [1.82, 2.24) is 0 Å². The Morgan fingerprint density at radius 3 is 2.33 bits per heavy atom. The average Bonchev–Trinajstić information content (AvgIpc) is 2.43. The van der Waals surface area contributed by atoms with Crippen molar-refractivity contribution in [2.75, 3.05) is 18.9 Å². The Bertz CT molecular complexity index is 694. The standard InChI is InChI=1S/C14H14Cl2NO3P/c1-19-13-5-3-4-6-14(13)20-21(2,18)17-10-7-8-11(15)12(16)9-10/h3-9H,1-2H3,(H,17,18). The normalized spacial score (nSPS) is 13.3. The smallest absolute Gasteiger partial charge is 0.338 e.